The molecule has 1 heterocycles. The number of carbonyl (C=O) groups excluding carboxylic acids is 2. The number of anilines is 1. The fourth-order valence-corrected chi connectivity index (χ4v) is 2.48. The Bertz CT molecular complexity index is 508. The average Bonchev–Trinajstić information content (AvgIpc) is 2.55. The van der Waals surface area contributed by atoms with E-state index in [4.69, 9.17) is 4.74 Å². The van der Waals surface area contributed by atoms with Gasteiger partial charge in [0.2, 0.25) is 0 Å². The minimum atomic E-state index is -0.241. The van der Waals surface area contributed by atoms with Gasteiger partial charge in [0.15, 0.2) is 5.78 Å². The van der Waals surface area contributed by atoms with Gasteiger partial charge in [0.25, 0.3) is 0 Å². The van der Waals surface area contributed by atoms with Crippen molar-refractivity contribution in [1.29, 1.82) is 0 Å². The Morgan fingerprint density at radius 1 is 1.14 bits per heavy atom. The molecule has 1 aliphatic rings. The van der Waals surface area contributed by atoms with Crippen molar-refractivity contribution in [1.82, 2.24) is 10.2 Å². The zero-order valence-electron chi connectivity index (χ0n) is 13.2. The molecule has 0 aromatic heterocycles. The van der Waals surface area contributed by atoms with Gasteiger partial charge in [0.1, 0.15) is 0 Å². The van der Waals surface area contributed by atoms with Crippen LogP contribution >= 0.6 is 0 Å². The summed E-state index contributed by atoms with van der Waals surface area (Å²) in [6.45, 7) is 5.40. The van der Waals surface area contributed by atoms with Crippen LogP contribution in [0.15, 0.2) is 24.3 Å². The van der Waals surface area contributed by atoms with Crippen LogP contribution < -0.4 is 10.2 Å². The molecule has 0 bridgehead atoms. The summed E-state index contributed by atoms with van der Waals surface area (Å²) in [6.07, 6.45) is -0.241. The van der Waals surface area contributed by atoms with Gasteiger partial charge in [0, 0.05) is 37.4 Å². The lowest BCUT2D eigenvalue weighted by Gasteiger charge is -2.35. The van der Waals surface area contributed by atoms with Crippen molar-refractivity contribution in [3.8, 4) is 0 Å². The minimum Gasteiger partial charge on any atom is -0.450 e. The number of rotatable bonds is 5. The van der Waals surface area contributed by atoms with Crippen LogP contribution in [-0.2, 0) is 4.74 Å². The number of hydrogen-bond acceptors (Lipinski definition) is 5. The number of nitrogens with one attached hydrogen (secondary N) is 1. The fraction of sp³-hybridized carbons (Fsp3) is 0.500. The number of ether oxygens (including phenoxy) is 1. The van der Waals surface area contributed by atoms with E-state index in [1.165, 1.54) is 0 Å². The molecule has 0 spiro atoms. The maximum atomic E-state index is 11.8. The highest BCUT2D eigenvalue weighted by Gasteiger charge is 2.22. The average molecular weight is 305 g/mol. The first-order valence-corrected chi connectivity index (χ1v) is 7.60. The van der Waals surface area contributed by atoms with Crippen LogP contribution in [0.5, 0.6) is 0 Å². The SMILES string of the molecule is CCOC(=O)N1CCN(c2ccc(C(=O)CNC)cc2)CC1. The van der Waals surface area contributed by atoms with Crippen molar-refractivity contribution >= 4 is 17.6 Å². The molecule has 2 rings (SSSR count). The van der Waals surface area contributed by atoms with Gasteiger partial charge in [-0.05, 0) is 38.2 Å². The van der Waals surface area contributed by atoms with Gasteiger partial charge in [-0.3, -0.25) is 4.79 Å². The van der Waals surface area contributed by atoms with Crippen molar-refractivity contribution < 1.29 is 14.3 Å². The normalized spacial score (nSPS) is 14.8. The Kier molecular flexibility index (Phi) is 5.77. The molecule has 0 atom stereocenters. The number of nitrogens with zero attached hydrogens (tertiary/aromatic N) is 2. The van der Waals surface area contributed by atoms with Crippen molar-refractivity contribution in [2.45, 2.75) is 6.92 Å². The molecule has 1 fully saturated rings. The predicted molar refractivity (Wildman–Crippen MR) is 85.5 cm³/mol. The largest absolute Gasteiger partial charge is 0.450 e. The Morgan fingerprint density at radius 3 is 2.32 bits per heavy atom. The van der Waals surface area contributed by atoms with Crippen LogP contribution in [0, 0.1) is 0 Å². The second-order valence-electron chi connectivity index (χ2n) is 5.17. The molecule has 6 nitrogen and oxygen atoms in total. The topological polar surface area (TPSA) is 61.9 Å². The van der Waals surface area contributed by atoms with Crippen molar-refractivity contribution in [3.63, 3.8) is 0 Å². The summed E-state index contributed by atoms with van der Waals surface area (Å²) in [7, 11) is 1.76. The Labute approximate surface area is 131 Å². The third-order valence-corrected chi connectivity index (χ3v) is 3.70. The first kappa shape index (κ1) is 16.3. The van der Waals surface area contributed by atoms with Gasteiger partial charge in [-0.15, -0.1) is 0 Å². The lowest BCUT2D eigenvalue weighted by atomic mass is 10.1. The molecule has 1 aromatic rings. The van der Waals surface area contributed by atoms with E-state index < -0.39 is 0 Å². The number of hydrogen-bond donors (Lipinski definition) is 1. The maximum Gasteiger partial charge on any atom is 0.409 e. The van der Waals surface area contributed by atoms with E-state index in [-0.39, 0.29) is 11.9 Å². The number of likely N-dealkylation sites (N-methyl/N-ethyl adjacent to an activating group) is 1. The lowest BCUT2D eigenvalue weighted by Crippen LogP contribution is -2.49. The third kappa shape index (κ3) is 3.98. The van der Waals surface area contributed by atoms with Crippen LogP contribution in [0.1, 0.15) is 17.3 Å². The van der Waals surface area contributed by atoms with Crippen molar-refractivity contribution in [2.75, 3.05) is 51.3 Å². The molecule has 1 amide bonds. The predicted octanol–water partition coefficient (Wildman–Crippen LogP) is 1.37. The van der Waals surface area contributed by atoms with E-state index in [1.807, 2.05) is 31.2 Å². The van der Waals surface area contributed by atoms with E-state index >= 15 is 0 Å². The molecule has 0 aliphatic carbocycles. The molecular formula is C16H23N3O3. The van der Waals surface area contributed by atoms with Gasteiger partial charge in [-0.2, -0.15) is 0 Å². The monoisotopic (exact) mass is 305 g/mol. The lowest BCUT2D eigenvalue weighted by molar-refractivity contribution is 0.0992. The number of benzene rings is 1. The van der Waals surface area contributed by atoms with Crippen molar-refractivity contribution in [3.05, 3.63) is 29.8 Å². The second-order valence-corrected chi connectivity index (χ2v) is 5.17. The maximum absolute atomic E-state index is 11.8. The summed E-state index contributed by atoms with van der Waals surface area (Å²) in [5.74, 6) is 0.0844. The molecule has 1 saturated heterocycles. The molecule has 1 aliphatic heterocycles. The summed E-state index contributed by atoms with van der Waals surface area (Å²) in [4.78, 5) is 27.4. The van der Waals surface area contributed by atoms with Gasteiger partial charge in [-0.25, -0.2) is 4.79 Å². The third-order valence-electron chi connectivity index (χ3n) is 3.70. The number of ketones is 1. The highest BCUT2D eigenvalue weighted by atomic mass is 16.6. The first-order valence-electron chi connectivity index (χ1n) is 7.60. The van der Waals surface area contributed by atoms with E-state index in [2.05, 4.69) is 10.2 Å². The van der Waals surface area contributed by atoms with Gasteiger partial charge < -0.3 is 19.9 Å². The molecule has 6 heteroatoms. The first-order chi connectivity index (χ1) is 10.7. The molecule has 1 aromatic carbocycles. The van der Waals surface area contributed by atoms with Crippen molar-refractivity contribution in [2.24, 2.45) is 0 Å². The van der Waals surface area contributed by atoms with Crippen LogP contribution in [0.25, 0.3) is 0 Å². The molecule has 22 heavy (non-hydrogen) atoms. The molecule has 0 unspecified atom stereocenters. The molecule has 0 saturated carbocycles. The molecule has 120 valence electrons. The molecule has 0 radical (unpaired) electrons. The number of amides is 1. The van der Waals surface area contributed by atoms with Crippen LogP contribution in [0.3, 0.4) is 0 Å². The Hall–Kier alpha value is -2.08. The summed E-state index contributed by atoms with van der Waals surface area (Å²) in [5.41, 5.74) is 1.78. The zero-order valence-corrected chi connectivity index (χ0v) is 13.2. The van der Waals surface area contributed by atoms with Gasteiger partial charge in [0.05, 0.1) is 13.2 Å². The molecule has 1 N–H and O–H groups in total. The van der Waals surface area contributed by atoms with E-state index in [0.717, 1.165) is 18.8 Å². The Morgan fingerprint density at radius 2 is 1.77 bits per heavy atom. The highest BCUT2D eigenvalue weighted by molar-refractivity contribution is 5.97. The summed E-state index contributed by atoms with van der Waals surface area (Å²) < 4.78 is 5.01. The van der Waals surface area contributed by atoms with E-state index in [9.17, 15) is 9.59 Å². The number of piperazine rings is 1. The quantitative estimate of drug-likeness (QED) is 0.833. The van der Waals surface area contributed by atoms with Gasteiger partial charge in [-0.1, -0.05) is 0 Å². The number of Topliss-reactive ketones (excluding diaryl/α,β-unsaturated/α-hetero) is 1. The van der Waals surface area contributed by atoms with Crippen LogP contribution in [0.2, 0.25) is 0 Å². The second kappa shape index (κ2) is 7.79. The van der Waals surface area contributed by atoms with E-state index in [1.54, 1.807) is 11.9 Å². The summed E-state index contributed by atoms with van der Waals surface area (Å²) in [5, 5.41) is 2.86. The minimum absolute atomic E-state index is 0.0844. The summed E-state index contributed by atoms with van der Waals surface area (Å²) in [6, 6.07) is 7.63. The standard InChI is InChI=1S/C16H23N3O3/c1-3-22-16(21)19-10-8-18(9-11-19)14-6-4-13(5-7-14)15(20)12-17-2/h4-7,17H,3,8-12H2,1-2H3. The summed E-state index contributed by atoms with van der Waals surface area (Å²) >= 11 is 0. The van der Waals surface area contributed by atoms with Crippen LogP contribution in [0.4, 0.5) is 10.5 Å². The van der Waals surface area contributed by atoms with Crippen LogP contribution in [-0.4, -0.2) is 63.2 Å². The van der Waals surface area contributed by atoms with E-state index in [0.29, 0.717) is 31.8 Å². The zero-order chi connectivity index (χ0) is 15.9. The highest BCUT2D eigenvalue weighted by Crippen LogP contribution is 2.18. The smallest absolute Gasteiger partial charge is 0.409 e. The number of carbonyl (C=O) groups is 2. The Balaban J connectivity index is 1.91. The fourth-order valence-electron chi connectivity index (χ4n) is 2.48. The van der Waals surface area contributed by atoms with Gasteiger partial charge >= 0.3 is 6.09 Å². The molecular weight excluding hydrogens is 282 g/mol.